The molecule has 0 aliphatic heterocycles. The standard InChI is InChI=1S/C87H108O5/c1-12-22-27-68(17-6)62-88-78-47-32-73(33-48-78)42-57-83-67(11)84(58-43-74-34-49-79(50-35-74)89-63-69(18-7)28-23-13-2)86(60-45-76-38-53-81(54-39-76)91-65-71(20-9)30-25-15-4)87(61-46-77-40-55-82(56-41-77)92-66-72(21-10)31-26-16-5)85(83)59-44-75-36-51-80(52-37-75)90-64-70(19-8)29-24-14-3/h32-41,47-56,68-72H,12-31,62-66H2,1-11H3. The molecule has 5 atom stereocenters. The molecule has 0 N–H and O–H groups in total. The van der Waals surface area contributed by atoms with Gasteiger partial charge >= 0.3 is 0 Å². The Bertz CT molecular complexity index is 3230. The van der Waals surface area contributed by atoms with Crippen molar-refractivity contribution >= 4 is 0 Å². The zero-order valence-electron chi connectivity index (χ0n) is 58.2. The lowest BCUT2D eigenvalue weighted by Gasteiger charge is -2.15. The van der Waals surface area contributed by atoms with Gasteiger partial charge in [-0.15, -0.1) is 0 Å². The maximum Gasteiger partial charge on any atom is 0.119 e. The van der Waals surface area contributed by atoms with E-state index < -0.39 is 0 Å². The lowest BCUT2D eigenvalue weighted by molar-refractivity contribution is 0.233. The van der Waals surface area contributed by atoms with Crippen molar-refractivity contribution in [3.8, 4) is 88.0 Å². The summed E-state index contributed by atoms with van der Waals surface area (Å²) in [5.74, 6) is 43.0. The third kappa shape index (κ3) is 25.3. The van der Waals surface area contributed by atoms with E-state index in [2.05, 4.69) is 135 Å². The van der Waals surface area contributed by atoms with Crippen molar-refractivity contribution in [2.24, 2.45) is 29.6 Å². The molecular weight excluding hydrogens is 1120 g/mol. The maximum atomic E-state index is 6.38. The summed E-state index contributed by atoms with van der Waals surface area (Å²) in [6.45, 7) is 28.1. The van der Waals surface area contributed by atoms with E-state index in [1.54, 1.807) is 0 Å². The fourth-order valence-corrected chi connectivity index (χ4v) is 11.0. The van der Waals surface area contributed by atoms with Crippen LogP contribution in [0.2, 0.25) is 0 Å². The van der Waals surface area contributed by atoms with E-state index in [4.69, 9.17) is 23.7 Å². The largest absolute Gasteiger partial charge is 0.493 e. The van der Waals surface area contributed by atoms with E-state index >= 15 is 0 Å². The summed E-state index contributed by atoms with van der Waals surface area (Å²) >= 11 is 0. The van der Waals surface area contributed by atoms with Crippen molar-refractivity contribution in [1.29, 1.82) is 0 Å². The second-order valence-corrected chi connectivity index (χ2v) is 25.0. The van der Waals surface area contributed by atoms with E-state index in [0.29, 0.717) is 79.3 Å². The molecule has 0 saturated heterocycles. The molecule has 0 bridgehead atoms. The highest BCUT2D eigenvalue weighted by Gasteiger charge is 2.20. The van der Waals surface area contributed by atoms with Crippen LogP contribution < -0.4 is 23.7 Å². The molecule has 0 radical (unpaired) electrons. The van der Waals surface area contributed by atoms with E-state index in [0.717, 1.165) is 105 Å². The Morgan fingerprint density at radius 2 is 0.413 bits per heavy atom. The van der Waals surface area contributed by atoms with Crippen LogP contribution in [0.3, 0.4) is 0 Å². The summed E-state index contributed by atoms with van der Waals surface area (Å²) in [5, 5.41) is 0. The van der Waals surface area contributed by atoms with Gasteiger partial charge in [0.05, 0.1) is 49.7 Å². The number of hydrogen-bond donors (Lipinski definition) is 0. The molecule has 92 heavy (non-hydrogen) atoms. The molecule has 0 spiro atoms. The van der Waals surface area contributed by atoms with Gasteiger partial charge in [0.15, 0.2) is 0 Å². The smallest absolute Gasteiger partial charge is 0.119 e. The first-order valence-electron chi connectivity index (χ1n) is 35.5. The minimum absolute atomic E-state index is 0.518. The number of benzene rings is 6. The van der Waals surface area contributed by atoms with Gasteiger partial charge in [-0.1, -0.05) is 225 Å². The fraction of sp³-hybridized carbons (Fsp3) is 0.471. The minimum atomic E-state index is 0.518. The monoisotopic (exact) mass is 1230 g/mol. The van der Waals surface area contributed by atoms with Gasteiger partial charge in [0.25, 0.3) is 0 Å². The molecule has 0 saturated carbocycles. The van der Waals surface area contributed by atoms with E-state index in [1.807, 2.05) is 121 Å². The van der Waals surface area contributed by atoms with Gasteiger partial charge in [-0.25, -0.2) is 0 Å². The van der Waals surface area contributed by atoms with Crippen molar-refractivity contribution < 1.29 is 23.7 Å². The first-order valence-corrected chi connectivity index (χ1v) is 35.5. The Kier molecular flexibility index (Phi) is 33.6. The second kappa shape index (κ2) is 42.3. The van der Waals surface area contributed by atoms with E-state index in [9.17, 15) is 0 Å². The molecule has 6 rings (SSSR count). The number of unbranched alkanes of at least 4 members (excludes halogenated alkanes) is 5. The maximum absolute atomic E-state index is 6.38. The lowest BCUT2D eigenvalue weighted by Crippen LogP contribution is -2.11. The average molecular weight is 1230 g/mol. The number of ether oxygens (including phenoxy) is 5. The van der Waals surface area contributed by atoms with Crippen LogP contribution in [-0.2, 0) is 0 Å². The van der Waals surface area contributed by atoms with Gasteiger partial charge in [0.1, 0.15) is 28.7 Å². The van der Waals surface area contributed by atoms with Crippen molar-refractivity contribution in [1.82, 2.24) is 0 Å². The van der Waals surface area contributed by atoms with Crippen LogP contribution >= 0.6 is 0 Å². The molecular formula is C87H108O5. The van der Waals surface area contributed by atoms with Gasteiger partial charge in [-0.3, -0.25) is 0 Å². The van der Waals surface area contributed by atoms with Gasteiger partial charge in [-0.2, -0.15) is 0 Å². The molecule has 0 amide bonds. The van der Waals surface area contributed by atoms with Crippen LogP contribution in [0.15, 0.2) is 121 Å². The van der Waals surface area contributed by atoms with Crippen LogP contribution in [0.25, 0.3) is 0 Å². The zero-order valence-corrected chi connectivity index (χ0v) is 58.2. The van der Waals surface area contributed by atoms with Crippen molar-refractivity contribution in [3.63, 3.8) is 0 Å². The van der Waals surface area contributed by atoms with Crippen molar-refractivity contribution in [3.05, 3.63) is 183 Å². The summed E-state index contributed by atoms with van der Waals surface area (Å²) in [5.41, 5.74) is 8.54. The topological polar surface area (TPSA) is 46.2 Å². The highest BCUT2D eigenvalue weighted by Crippen LogP contribution is 2.30. The normalized spacial score (nSPS) is 12.3. The number of rotatable bonds is 35. The van der Waals surface area contributed by atoms with Gasteiger partial charge < -0.3 is 23.7 Å². The molecule has 0 heterocycles. The first-order chi connectivity index (χ1) is 45.1. The van der Waals surface area contributed by atoms with Gasteiger partial charge in [0.2, 0.25) is 0 Å². The van der Waals surface area contributed by atoms with Crippen molar-refractivity contribution in [2.45, 2.75) is 205 Å². The van der Waals surface area contributed by atoms with Crippen LogP contribution in [0.5, 0.6) is 28.7 Å². The molecule has 5 heteroatoms. The van der Waals surface area contributed by atoms with Crippen LogP contribution in [0.4, 0.5) is 0 Å². The average Bonchev–Trinajstić information content (AvgIpc) is 0.787. The Balaban J connectivity index is 1.57. The molecule has 0 aliphatic rings. The Labute approximate surface area is 558 Å². The Morgan fingerprint density at radius 1 is 0.239 bits per heavy atom. The van der Waals surface area contributed by atoms with Crippen LogP contribution in [0, 0.1) is 95.7 Å². The first kappa shape index (κ1) is 73.2. The predicted octanol–water partition coefficient (Wildman–Crippen LogP) is 22.0. The summed E-state index contributed by atoms with van der Waals surface area (Å²) in [7, 11) is 0. The third-order valence-electron chi connectivity index (χ3n) is 17.8. The molecule has 6 aromatic rings. The molecule has 6 aromatic carbocycles. The molecule has 0 aliphatic carbocycles. The van der Waals surface area contributed by atoms with E-state index in [-0.39, 0.29) is 0 Å². The summed E-state index contributed by atoms with van der Waals surface area (Å²) in [6.07, 6.45) is 23.3. The molecule has 486 valence electrons. The summed E-state index contributed by atoms with van der Waals surface area (Å²) in [6, 6.07) is 40.7. The zero-order chi connectivity index (χ0) is 65.6. The molecule has 0 aromatic heterocycles. The van der Waals surface area contributed by atoms with Crippen LogP contribution in [-0.4, -0.2) is 33.0 Å². The predicted molar refractivity (Wildman–Crippen MR) is 387 cm³/mol. The quantitative estimate of drug-likeness (QED) is 0.0371. The summed E-state index contributed by atoms with van der Waals surface area (Å²) < 4.78 is 31.8. The lowest BCUT2D eigenvalue weighted by atomic mass is 9.87. The SMILES string of the molecule is CCCCC(CC)COc1ccc(C#Cc2c(C)c(C#Cc3ccc(OCC(CC)CCCC)cc3)c(C#Cc3ccc(OCC(CC)CCCC)cc3)c(C#Cc3ccc(OCC(CC)CCCC)cc3)c2C#Cc2ccc(OCC(CC)CCCC)cc2)cc1. The van der Waals surface area contributed by atoms with Gasteiger partial charge in [-0.05, 0) is 196 Å². The van der Waals surface area contributed by atoms with E-state index in [1.165, 1.54) is 96.3 Å². The van der Waals surface area contributed by atoms with Gasteiger partial charge in [0, 0.05) is 38.9 Å². The highest BCUT2D eigenvalue weighted by atomic mass is 16.5. The summed E-state index contributed by atoms with van der Waals surface area (Å²) in [4.78, 5) is 0. The second-order valence-electron chi connectivity index (χ2n) is 25.0. The van der Waals surface area contributed by atoms with Crippen LogP contribution in [0.1, 0.15) is 259 Å². The number of hydrogen-bond acceptors (Lipinski definition) is 5. The molecule has 5 nitrogen and oxygen atoms in total. The minimum Gasteiger partial charge on any atom is -0.493 e. The van der Waals surface area contributed by atoms with Crippen molar-refractivity contribution in [2.75, 3.05) is 33.0 Å². The Hall–Kier alpha value is -7.88. The third-order valence-corrected chi connectivity index (χ3v) is 17.8. The fourth-order valence-electron chi connectivity index (χ4n) is 11.0. The Morgan fingerprint density at radius 3 is 0.587 bits per heavy atom. The molecule has 5 unspecified atom stereocenters. The molecule has 0 fully saturated rings. The highest BCUT2D eigenvalue weighted by molar-refractivity contribution is 5.75.